The second kappa shape index (κ2) is 11.7. The van der Waals surface area contributed by atoms with Crippen LogP contribution in [-0.4, -0.2) is 0 Å². The summed E-state index contributed by atoms with van der Waals surface area (Å²) in [5.41, 5.74) is 7.37. The van der Waals surface area contributed by atoms with Crippen molar-refractivity contribution in [3.63, 3.8) is 0 Å². The maximum absolute atomic E-state index is 2.60. The van der Waals surface area contributed by atoms with Gasteiger partial charge >= 0.3 is 195 Å². The van der Waals surface area contributed by atoms with Crippen LogP contribution in [0.1, 0.15) is 108 Å². The molecule has 0 aromatic heterocycles. The van der Waals surface area contributed by atoms with E-state index in [9.17, 15) is 0 Å². The van der Waals surface area contributed by atoms with E-state index in [-0.39, 0.29) is 24.8 Å². The van der Waals surface area contributed by atoms with Crippen LogP contribution in [0.3, 0.4) is 0 Å². The van der Waals surface area contributed by atoms with E-state index in [1.165, 1.54) is 38.5 Å². The van der Waals surface area contributed by atoms with Gasteiger partial charge < -0.3 is 24.8 Å². The summed E-state index contributed by atoms with van der Waals surface area (Å²) in [6.07, 6.45) is 17.9. The van der Waals surface area contributed by atoms with Gasteiger partial charge in [0.1, 0.15) is 0 Å². The van der Waals surface area contributed by atoms with Crippen LogP contribution in [0.2, 0.25) is 6.25 Å². The summed E-state index contributed by atoms with van der Waals surface area (Å²) >= 11 is -0.797. The Kier molecular flexibility index (Phi) is 11.9. The van der Waals surface area contributed by atoms with Crippen molar-refractivity contribution in [2.24, 2.45) is 10.8 Å². The normalized spacial score (nSPS) is 28.7. The van der Waals surface area contributed by atoms with Crippen LogP contribution >= 0.6 is 0 Å². The fourth-order valence-electron chi connectivity index (χ4n) is 5.78. The van der Waals surface area contributed by atoms with Gasteiger partial charge in [-0.3, -0.25) is 0 Å². The van der Waals surface area contributed by atoms with Crippen molar-refractivity contribution < 1.29 is 48.0 Å². The molecular weight excluding hydrogens is 498 g/mol. The van der Waals surface area contributed by atoms with Gasteiger partial charge in [0.25, 0.3) is 0 Å². The van der Waals surface area contributed by atoms with Crippen molar-refractivity contribution in [1.82, 2.24) is 0 Å². The SMILES string of the molecule is CCCC(C)(CC)C1=C(C)[C](C)([Zr+2][C]2(C)C=CC(C(C)(CC)CCC)=C2C)C=C1.[Cl-].[Cl-]. The Bertz CT molecular complexity index is 684. The van der Waals surface area contributed by atoms with Crippen LogP contribution in [0.5, 0.6) is 0 Å². The molecular formula is C28H46Cl2Zr. The molecule has 0 spiro atoms. The van der Waals surface area contributed by atoms with Gasteiger partial charge in [-0.2, -0.15) is 0 Å². The Hall–Kier alpha value is 0.423. The third-order valence-corrected chi connectivity index (χ3v) is 13.7. The average molecular weight is 545 g/mol. The van der Waals surface area contributed by atoms with E-state index in [4.69, 9.17) is 0 Å². The minimum absolute atomic E-state index is 0. The summed E-state index contributed by atoms with van der Waals surface area (Å²) in [4.78, 5) is 0. The van der Waals surface area contributed by atoms with Gasteiger partial charge in [-0.1, -0.05) is 0 Å². The molecule has 3 heteroatoms. The Balaban J connectivity index is 0.00000450. The molecule has 0 amide bonds. The minimum atomic E-state index is -0.797. The van der Waals surface area contributed by atoms with Crippen molar-refractivity contribution in [2.75, 3.05) is 0 Å². The fraction of sp³-hybridized carbons (Fsp3) is 0.714. The molecule has 4 atom stereocenters. The molecule has 0 fully saturated rings. The summed E-state index contributed by atoms with van der Waals surface area (Å²) in [6, 6.07) is 0. The molecule has 2 aliphatic carbocycles. The smallest absolute Gasteiger partial charge is 1.00 e. The summed E-state index contributed by atoms with van der Waals surface area (Å²) in [7, 11) is 0. The van der Waals surface area contributed by atoms with Crippen LogP contribution < -0.4 is 24.8 Å². The van der Waals surface area contributed by atoms with E-state index in [0.717, 1.165) is 0 Å². The summed E-state index contributed by atoms with van der Waals surface area (Å²) < 4.78 is 0.651. The van der Waals surface area contributed by atoms with E-state index < -0.39 is 23.2 Å². The van der Waals surface area contributed by atoms with Crippen molar-refractivity contribution in [2.45, 2.75) is 114 Å². The van der Waals surface area contributed by atoms with Crippen LogP contribution in [0.25, 0.3) is 0 Å². The molecule has 2 rings (SSSR count). The predicted molar refractivity (Wildman–Crippen MR) is 127 cm³/mol. The molecule has 0 bridgehead atoms. The number of halogens is 2. The van der Waals surface area contributed by atoms with Gasteiger partial charge in [-0.15, -0.1) is 0 Å². The second-order valence-electron chi connectivity index (χ2n) is 10.6. The molecule has 2 aliphatic rings. The van der Waals surface area contributed by atoms with Crippen molar-refractivity contribution in [3.05, 3.63) is 46.6 Å². The Morgan fingerprint density at radius 3 is 1.29 bits per heavy atom. The van der Waals surface area contributed by atoms with E-state index in [0.29, 0.717) is 17.1 Å². The van der Waals surface area contributed by atoms with Gasteiger partial charge in [0.15, 0.2) is 0 Å². The first kappa shape index (κ1) is 31.4. The van der Waals surface area contributed by atoms with Gasteiger partial charge in [-0.25, -0.2) is 0 Å². The Labute approximate surface area is 218 Å². The summed E-state index contributed by atoms with van der Waals surface area (Å²) in [5.74, 6) is 0. The van der Waals surface area contributed by atoms with Crippen molar-refractivity contribution in [1.29, 1.82) is 0 Å². The molecule has 0 heterocycles. The van der Waals surface area contributed by atoms with Gasteiger partial charge in [0.05, 0.1) is 0 Å². The zero-order valence-electron chi connectivity index (χ0n) is 21.8. The number of hydrogen-bond acceptors (Lipinski definition) is 0. The van der Waals surface area contributed by atoms with Crippen LogP contribution in [0, 0.1) is 10.8 Å². The van der Waals surface area contributed by atoms with Crippen LogP contribution in [0.15, 0.2) is 46.6 Å². The van der Waals surface area contributed by atoms with Crippen molar-refractivity contribution in [3.8, 4) is 0 Å². The molecule has 176 valence electrons. The molecule has 0 radical (unpaired) electrons. The molecule has 0 aromatic rings. The van der Waals surface area contributed by atoms with Crippen molar-refractivity contribution >= 4 is 0 Å². The maximum Gasteiger partial charge on any atom is -1.00 e. The quantitative estimate of drug-likeness (QED) is 0.394. The Morgan fingerprint density at radius 2 is 1.03 bits per heavy atom. The zero-order valence-corrected chi connectivity index (χ0v) is 25.8. The first-order chi connectivity index (χ1) is 13.4. The maximum atomic E-state index is 2.60. The van der Waals surface area contributed by atoms with E-state index in [1.54, 1.807) is 22.3 Å². The topological polar surface area (TPSA) is 0 Å². The molecule has 0 nitrogen and oxygen atoms in total. The first-order valence-corrected chi connectivity index (χ1v) is 14.5. The predicted octanol–water partition coefficient (Wildman–Crippen LogP) is 3.64. The standard InChI is InChI=1S/2C14H23.2ClH.Zr/c2*1-6-10-14(5,7-2)13-9-8-11(3)12(13)4;;;/h2*8-9H,6-7,10H2,1-5H3;2*1H;/q;;;;+2/p-2. The molecule has 0 N–H and O–H groups in total. The van der Waals surface area contributed by atoms with Crippen LogP contribution in [-0.2, 0) is 23.2 Å². The second-order valence-corrected chi connectivity index (χ2v) is 16.3. The molecule has 0 saturated heterocycles. The first-order valence-electron chi connectivity index (χ1n) is 12.1. The summed E-state index contributed by atoms with van der Waals surface area (Å²) in [5, 5.41) is 0. The van der Waals surface area contributed by atoms with Gasteiger partial charge in [0, 0.05) is 0 Å². The summed E-state index contributed by atoms with van der Waals surface area (Å²) in [6.45, 7) is 24.4. The molecule has 31 heavy (non-hydrogen) atoms. The molecule has 0 aromatic carbocycles. The molecule has 4 unspecified atom stereocenters. The monoisotopic (exact) mass is 542 g/mol. The van der Waals surface area contributed by atoms with Crippen LogP contribution in [0.4, 0.5) is 0 Å². The number of hydrogen-bond donors (Lipinski definition) is 0. The number of rotatable bonds is 10. The Morgan fingerprint density at radius 1 is 0.710 bits per heavy atom. The minimum Gasteiger partial charge on any atom is -1.00 e. The van der Waals surface area contributed by atoms with Gasteiger partial charge in [0.2, 0.25) is 0 Å². The third kappa shape index (κ3) is 5.92. The number of allylic oxidation sites excluding steroid dienone is 8. The average Bonchev–Trinajstić information content (AvgIpc) is 3.12. The zero-order chi connectivity index (χ0) is 22.1. The molecule has 0 aliphatic heterocycles. The van der Waals surface area contributed by atoms with E-state index >= 15 is 0 Å². The third-order valence-electron chi connectivity index (χ3n) is 8.52. The molecule has 0 saturated carbocycles. The van der Waals surface area contributed by atoms with E-state index in [2.05, 4.69) is 93.5 Å². The van der Waals surface area contributed by atoms with E-state index in [1.807, 2.05) is 0 Å². The largest absolute Gasteiger partial charge is 1.00 e. The fourth-order valence-corrected chi connectivity index (χ4v) is 10.8. The van der Waals surface area contributed by atoms with Gasteiger partial charge in [-0.05, 0) is 0 Å².